The average Bonchev–Trinajstić information content (AvgIpc) is 2.47. The van der Waals surface area contributed by atoms with Crippen molar-refractivity contribution in [3.8, 4) is 0 Å². The fourth-order valence-corrected chi connectivity index (χ4v) is 2.80. The van der Waals surface area contributed by atoms with Gasteiger partial charge in [-0.15, -0.1) is 0 Å². The second-order valence-electron chi connectivity index (χ2n) is 4.79. The predicted molar refractivity (Wildman–Crippen MR) is 75.2 cm³/mol. The maximum atomic E-state index is 4.53. The van der Waals surface area contributed by atoms with E-state index in [-0.39, 0.29) is 0 Å². The summed E-state index contributed by atoms with van der Waals surface area (Å²) in [4.78, 5) is 6.93. The van der Waals surface area contributed by atoms with Crippen molar-refractivity contribution < 1.29 is 0 Å². The Morgan fingerprint density at radius 3 is 2.78 bits per heavy atom. The number of anilines is 2. The van der Waals surface area contributed by atoms with Crippen LogP contribution in [0.15, 0.2) is 48.7 Å². The van der Waals surface area contributed by atoms with E-state index in [0.717, 1.165) is 12.2 Å². The fourth-order valence-electron chi connectivity index (χ4n) is 2.80. The van der Waals surface area contributed by atoms with Crippen molar-refractivity contribution in [3.63, 3.8) is 0 Å². The van der Waals surface area contributed by atoms with Gasteiger partial charge in [0.05, 0.1) is 0 Å². The number of aryl methyl sites for hydroxylation is 1. The lowest BCUT2D eigenvalue weighted by Gasteiger charge is -2.37. The van der Waals surface area contributed by atoms with E-state index in [0.29, 0.717) is 6.04 Å². The molecule has 1 atom stereocenters. The maximum Gasteiger partial charge on any atom is 0.133 e. The molecule has 2 aromatic rings. The van der Waals surface area contributed by atoms with Crippen molar-refractivity contribution >= 4 is 11.5 Å². The van der Waals surface area contributed by atoms with Crippen molar-refractivity contribution in [1.29, 1.82) is 0 Å². The molecule has 1 aliphatic rings. The Balaban J connectivity index is 2.09. The number of aromatic nitrogens is 1. The van der Waals surface area contributed by atoms with Crippen molar-refractivity contribution in [2.24, 2.45) is 0 Å². The summed E-state index contributed by atoms with van der Waals surface area (Å²) in [6, 6.07) is 15.4. The van der Waals surface area contributed by atoms with Crippen LogP contribution in [0.1, 0.15) is 25.3 Å². The van der Waals surface area contributed by atoms with Crippen LogP contribution in [0.2, 0.25) is 0 Å². The zero-order valence-corrected chi connectivity index (χ0v) is 10.7. The molecule has 92 valence electrons. The molecule has 0 amide bonds. The number of rotatable bonds is 2. The summed E-state index contributed by atoms with van der Waals surface area (Å²) in [5.74, 6) is 1.07. The Morgan fingerprint density at radius 1 is 1.17 bits per heavy atom. The van der Waals surface area contributed by atoms with Gasteiger partial charge in [0, 0.05) is 17.9 Å². The molecule has 18 heavy (non-hydrogen) atoms. The predicted octanol–water partition coefficient (Wildman–Crippen LogP) is 3.94. The minimum Gasteiger partial charge on any atom is -0.323 e. The third-order valence-corrected chi connectivity index (χ3v) is 3.73. The first-order valence-corrected chi connectivity index (χ1v) is 6.68. The second-order valence-corrected chi connectivity index (χ2v) is 4.79. The lowest BCUT2D eigenvalue weighted by Crippen LogP contribution is -2.35. The summed E-state index contributed by atoms with van der Waals surface area (Å²) in [7, 11) is 0. The number of hydrogen-bond acceptors (Lipinski definition) is 2. The minimum atomic E-state index is 0.565. The van der Waals surface area contributed by atoms with Crippen LogP contribution < -0.4 is 4.90 Å². The number of benzene rings is 1. The van der Waals surface area contributed by atoms with Gasteiger partial charge in [-0.3, -0.25) is 0 Å². The van der Waals surface area contributed by atoms with Gasteiger partial charge in [-0.2, -0.15) is 0 Å². The normalized spacial score (nSPS) is 18.5. The van der Waals surface area contributed by atoms with Gasteiger partial charge in [-0.25, -0.2) is 4.98 Å². The number of nitrogens with zero attached hydrogens (tertiary/aromatic N) is 2. The van der Waals surface area contributed by atoms with E-state index in [2.05, 4.69) is 53.2 Å². The molecule has 2 heteroatoms. The smallest absolute Gasteiger partial charge is 0.133 e. The second kappa shape index (κ2) is 4.81. The molecule has 0 spiro atoms. The van der Waals surface area contributed by atoms with Gasteiger partial charge in [0.15, 0.2) is 0 Å². The molecular weight excluding hydrogens is 220 g/mol. The summed E-state index contributed by atoms with van der Waals surface area (Å²) < 4.78 is 0. The van der Waals surface area contributed by atoms with Crippen LogP contribution in [-0.2, 0) is 6.42 Å². The topological polar surface area (TPSA) is 16.1 Å². The summed E-state index contributed by atoms with van der Waals surface area (Å²) in [6.07, 6.45) is 5.42. The van der Waals surface area contributed by atoms with Crippen molar-refractivity contribution in [2.75, 3.05) is 4.90 Å². The first-order chi connectivity index (χ1) is 8.90. The molecule has 0 N–H and O–H groups in total. The summed E-state index contributed by atoms with van der Waals surface area (Å²) in [5, 5.41) is 0. The van der Waals surface area contributed by atoms with Gasteiger partial charge in [0.2, 0.25) is 0 Å². The molecule has 1 unspecified atom stereocenters. The fraction of sp³-hybridized carbons (Fsp3) is 0.312. The highest BCUT2D eigenvalue weighted by Crippen LogP contribution is 2.36. The van der Waals surface area contributed by atoms with E-state index in [1.165, 1.54) is 24.1 Å². The summed E-state index contributed by atoms with van der Waals surface area (Å²) in [5.41, 5.74) is 2.77. The Kier molecular flexibility index (Phi) is 3.01. The van der Waals surface area contributed by atoms with Crippen molar-refractivity contribution in [2.45, 2.75) is 32.2 Å². The average molecular weight is 238 g/mol. The Morgan fingerprint density at radius 2 is 2.00 bits per heavy atom. The van der Waals surface area contributed by atoms with Gasteiger partial charge < -0.3 is 4.90 Å². The zero-order chi connectivity index (χ0) is 12.4. The lowest BCUT2D eigenvalue weighted by atomic mass is 9.94. The third kappa shape index (κ3) is 1.88. The standard InChI is InChI=1S/C16H18N2/c1-2-14-11-10-13-7-3-4-8-15(13)18(14)16-9-5-6-12-17-16/h3-9,12,14H,2,10-11H2,1H3. The summed E-state index contributed by atoms with van der Waals surface area (Å²) >= 11 is 0. The first kappa shape index (κ1) is 11.3. The molecule has 0 bridgehead atoms. The maximum absolute atomic E-state index is 4.53. The monoisotopic (exact) mass is 238 g/mol. The largest absolute Gasteiger partial charge is 0.323 e. The van der Waals surface area contributed by atoms with Gasteiger partial charge in [-0.05, 0) is 43.0 Å². The molecule has 0 radical (unpaired) electrons. The minimum absolute atomic E-state index is 0.565. The number of pyridine rings is 1. The van der Waals surface area contributed by atoms with Crippen LogP contribution in [0.3, 0.4) is 0 Å². The highest BCUT2D eigenvalue weighted by molar-refractivity contribution is 5.66. The molecule has 1 aliphatic heterocycles. The van der Waals surface area contributed by atoms with Crippen molar-refractivity contribution in [3.05, 3.63) is 54.2 Å². The molecule has 1 aromatic carbocycles. The van der Waals surface area contributed by atoms with Gasteiger partial charge in [0.25, 0.3) is 0 Å². The molecule has 1 aromatic heterocycles. The first-order valence-electron chi connectivity index (χ1n) is 6.68. The molecule has 3 rings (SSSR count). The Labute approximate surface area is 108 Å². The van der Waals surface area contributed by atoms with E-state index in [9.17, 15) is 0 Å². The molecule has 0 aliphatic carbocycles. The van der Waals surface area contributed by atoms with Crippen molar-refractivity contribution in [1.82, 2.24) is 4.98 Å². The molecular formula is C16H18N2. The molecule has 0 saturated carbocycles. The highest BCUT2D eigenvalue weighted by atomic mass is 15.2. The Hall–Kier alpha value is -1.83. The van der Waals surface area contributed by atoms with Crippen LogP contribution in [-0.4, -0.2) is 11.0 Å². The van der Waals surface area contributed by atoms with E-state index in [1.807, 2.05) is 12.3 Å². The molecule has 0 fully saturated rings. The van der Waals surface area contributed by atoms with Crippen LogP contribution in [0.5, 0.6) is 0 Å². The zero-order valence-electron chi connectivity index (χ0n) is 10.7. The Bertz CT molecular complexity index is 522. The molecule has 2 nitrogen and oxygen atoms in total. The van der Waals surface area contributed by atoms with Gasteiger partial charge in [0.1, 0.15) is 5.82 Å². The van der Waals surface area contributed by atoms with E-state index in [1.54, 1.807) is 0 Å². The highest BCUT2D eigenvalue weighted by Gasteiger charge is 2.26. The van der Waals surface area contributed by atoms with Gasteiger partial charge in [-0.1, -0.05) is 31.2 Å². The molecule has 0 saturated heterocycles. The van der Waals surface area contributed by atoms with Crippen LogP contribution >= 0.6 is 0 Å². The number of fused-ring (bicyclic) bond motifs is 1. The third-order valence-electron chi connectivity index (χ3n) is 3.73. The quantitative estimate of drug-likeness (QED) is 0.787. The molecule has 2 heterocycles. The summed E-state index contributed by atoms with van der Waals surface area (Å²) in [6.45, 7) is 2.26. The number of para-hydroxylation sites is 1. The van der Waals surface area contributed by atoms with Gasteiger partial charge >= 0.3 is 0 Å². The number of hydrogen-bond donors (Lipinski definition) is 0. The SMILES string of the molecule is CCC1CCc2ccccc2N1c1ccccn1. The van der Waals surface area contributed by atoms with E-state index in [4.69, 9.17) is 0 Å². The van der Waals surface area contributed by atoms with Crippen LogP contribution in [0.4, 0.5) is 11.5 Å². The van der Waals surface area contributed by atoms with Crippen LogP contribution in [0, 0.1) is 0 Å². The van der Waals surface area contributed by atoms with Crippen LogP contribution in [0.25, 0.3) is 0 Å². The van der Waals surface area contributed by atoms with E-state index >= 15 is 0 Å². The van der Waals surface area contributed by atoms with E-state index < -0.39 is 0 Å². The lowest BCUT2D eigenvalue weighted by molar-refractivity contribution is 0.555.